The van der Waals surface area contributed by atoms with E-state index in [9.17, 15) is 24.0 Å². The van der Waals surface area contributed by atoms with Crippen LogP contribution < -0.4 is 16.1 Å². The van der Waals surface area contributed by atoms with Crippen LogP contribution in [-0.4, -0.2) is 124 Å². The van der Waals surface area contributed by atoms with E-state index in [2.05, 4.69) is 56.5 Å². The zero-order chi connectivity index (χ0) is 45.7. The predicted octanol–water partition coefficient (Wildman–Crippen LogP) is 5.69. The number of carbonyl (C=O) groups excluding carboxylic acids is 5. The van der Waals surface area contributed by atoms with Gasteiger partial charge in [0.2, 0.25) is 24.1 Å². The predicted molar refractivity (Wildman–Crippen MR) is 246 cm³/mol. The summed E-state index contributed by atoms with van der Waals surface area (Å²) < 4.78 is 22.3. The van der Waals surface area contributed by atoms with Gasteiger partial charge in [-0.2, -0.15) is 5.10 Å². The first kappa shape index (κ1) is 48.9. The van der Waals surface area contributed by atoms with Crippen LogP contribution in [0.1, 0.15) is 58.8 Å². The number of imide groups is 2. The minimum absolute atomic E-state index is 0.00117. The van der Waals surface area contributed by atoms with Gasteiger partial charge in [0.1, 0.15) is 11.2 Å². The summed E-state index contributed by atoms with van der Waals surface area (Å²) in [6, 6.07) is 20.3. The SMILES string of the molecule is C/C=C(\C=N/N(C)NCCOCCOCCOCCOCCC(=O)Nc1cccc(C)c1C(=O)N(C=O)C1CCC(=O)NC1=O)c1cnc(Cl)c(/C=C/c2ccc3ccccc3c2)c1. The Morgan fingerprint density at radius 3 is 2.31 bits per heavy atom. The molecule has 17 heteroatoms. The van der Waals surface area contributed by atoms with Crippen molar-refractivity contribution in [2.24, 2.45) is 5.10 Å². The summed E-state index contributed by atoms with van der Waals surface area (Å²) in [7, 11) is 1.81. The summed E-state index contributed by atoms with van der Waals surface area (Å²) in [5.41, 5.74) is 7.57. The van der Waals surface area contributed by atoms with E-state index in [1.54, 1.807) is 43.6 Å². The minimum atomic E-state index is -1.13. The fourth-order valence-electron chi connectivity index (χ4n) is 6.56. The number of aromatic nitrogens is 1. The number of carbonyl (C=O) groups is 5. The summed E-state index contributed by atoms with van der Waals surface area (Å²) in [6.07, 6.45) is 9.72. The molecular formula is C47H54ClN7O9. The number of hydrazine groups is 1. The van der Waals surface area contributed by atoms with E-state index in [0.717, 1.165) is 27.2 Å². The average molecular weight is 896 g/mol. The monoisotopic (exact) mass is 895 g/mol. The lowest BCUT2D eigenvalue weighted by atomic mass is 10.0. The fraction of sp³-hybridized carbons (Fsp3) is 0.340. The molecule has 338 valence electrons. The van der Waals surface area contributed by atoms with Crippen molar-refractivity contribution in [3.05, 3.63) is 112 Å². The smallest absolute Gasteiger partial charge is 0.263 e. The highest BCUT2D eigenvalue weighted by Crippen LogP contribution is 2.25. The minimum Gasteiger partial charge on any atom is -0.379 e. The standard InChI is InChI=1S/C47H54ClN7O9/c1-4-35(39-29-38(45(48)49-30-39)15-13-34-12-14-36-9-5-6-10-37(36)28-34)31-51-54(3)50-19-21-62-23-25-64-27-26-63-24-22-61-20-18-43(58)52-40-11-7-8-33(2)44(40)47(60)55(32-56)41-16-17-42(57)53-46(41)59/h4-15,28-32,41,50H,16-27H2,1-3H3,(H,52,58)(H,53,57,59)/b15-13+,35-4+,51-31-. The summed E-state index contributed by atoms with van der Waals surface area (Å²) >= 11 is 6.45. The van der Waals surface area contributed by atoms with Gasteiger partial charge in [-0.15, -0.1) is 0 Å². The van der Waals surface area contributed by atoms with Crippen molar-refractivity contribution >= 4 is 82.0 Å². The molecule has 0 bridgehead atoms. The van der Waals surface area contributed by atoms with Crippen molar-refractivity contribution in [1.29, 1.82) is 0 Å². The Hall–Kier alpha value is -6.14. The second kappa shape index (κ2) is 25.8. The van der Waals surface area contributed by atoms with Crippen molar-refractivity contribution in [1.82, 2.24) is 25.7 Å². The third-order valence-electron chi connectivity index (χ3n) is 9.94. The number of benzene rings is 3. The van der Waals surface area contributed by atoms with Crippen LogP contribution in [0.5, 0.6) is 0 Å². The molecule has 64 heavy (non-hydrogen) atoms. The van der Waals surface area contributed by atoms with Crippen molar-refractivity contribution < 1.29 is 42.9 Å². The molecule has 0 radical (unpaired) electrons. The topological polar surface area (TPSA) is 190 Å². The van der Waals surface area contributed by atoms with Crippen molar-refractivity contribution in [3.8, 4) is 0 Å². The normalized spacial score (nSPS) is 14.3. The van der Waals surface area contributed by atoms with Gasteiger partial charge >= 0.3 is 0 Å². The van der Waals surface area contributed by atoms with E-state index in [0.29, 0.717) is 56.9 Å². The quantitative estimate of drug-likeness (QED) is 0.0184. The van der Waals surface area contributed by atoms with E-state index in [-0.39, 0.29) is 50.1 Å². The number of rotatable bonds is 25. The second-order valence-corrected chi connectivity index (χ2v) is 14.9. The highest BCUT2D eigenvalue weighted by Gasteiger charge is 2.36. The molecule has 1 atom stereocenters. The number of aryl methyl sites for hydroxylation is 1. The number of hydrogen-bond acceptors (Lipinski definition) is 13. The number of hydrogen-bond donors (Lipinski definition) is 3. The Labute approximate surface area is 377 Å². The number of allylic oxidation sites excluding steroid dienone is 2. The van der Waals surface area contributed by atoms with Gasteiger partial charge in [-0.3, -0.25) is 34.2 Å². The summed E-state index contributed by atoms with van der Waals surface area (Å²) in [5.74, 6) is -2.36. The number of hydrazone groups is 1. The Kier molecular flexibility index (Phi) is 19.7. The summed E-state index contributed by atoms with van der Waals surface area (Å²) in [4.78, 5) is 67.0. The molecule has 1 aliphatic heterocycles. The van der Waals surface area contributed by atoms with Gasteiger partial charge < -0.3 is 24.3 Å². The van der Waals surface area contributed by atoms with Crippen LogP contribution in [0.15, 0.2) is 84.1 Å². The molecule has 5 amide bonds. The maximum atomic E-state index is 13.4. The number of halogens is 1. The number of nitrogens with one attached hydrogen (secondary N) is 3. The first-order valence-electron chi connectivity index (χ1n) is 20.9. The molecule has 16 nitrogen and oxygen atoms in total. The Morgan fingerprint density at radius 1 is 0.906 bits per heavy atom. The highest BCUT2D eigenvalue weighted by molar-refractivity contribution is 6.31. The van der Waals surface area contributed by atoms with Gasteiger partial charge in [0.05, 0.1) is 76.7 Å². The summed E-state index contributed by atoms with van der Waals surface area (Å²) in [5, 5.41) is 13.7. The third kappa shape index (κ3) is 15.0. The van der Waals surface area contributed by atoms with Crippen molar-refractivity contribution in [2.75, 3.05) is 71.8 Å². The number of pyridine rings is 1. The van der Waals surface area contributed by atoms with Gasteiger partial charge in [0.15, 0.2) is 0 Å². The second-order valence-electron chi connectivity index (χ2n) is 14.5. The van der Waals surface area contributed by atoms with E-state index in [1.165, 1.54) is 16.8 Å². The molecule has 2 heterocycles. The molecule has 0 aliphatic carbocycles. The van der Waals surface area contributed by atoms with E-state index >= 15 is 0 Å². The molecule has 0 saturated carbocycles. The van der Waals surface area contributed by atoms with Crippen LogP contribution >= 0.6 is 11.6 Å². The first-order chi connectivity index (χ1) is 31.1. The maximum absolute atomic E-state index is 13.4. The Morgan fingerprint density at radius 2 is 1.61 bits per heavy atom. The van der Waals surface area contributed by atoms with Crippen LogP contribution in [-0.2, 0) is 38.1 Å². The molecule has 4 aromatic rings. The zero-order valence-corrected chi connectivity index (χ0v) is 37.0. The lowest BCUT2D eigenvalue weighted by Crippen LogP contribution is -2.54. The highest BCUT2D eigenvalue weighted by atomic mass is 35.5. The van der Waals surface area contributed by atoms with Gasteiger partial charge in [-0.05, 0) is 65.9 Å². The van der Waals surface area contributed by atoms with Crippen LogP contribution in [0.4, 0.5) is 5.69 Å². The number of fused-ring (bicyclic) bond motifs is 1. The lowest BCUT2D eigenvalue weighted by Gasteiger charge is -2.29. The van der Waals surface area contributed by atoms with Crippen molar-refractivity contribution in [2.45, 2.75) is 39.2 Å². The number of piperidine rings is 1. The lowest BCUT2D eigenvalue weighted by molar-refractivity contribution is -0.139. The molecule has 1 aromatic heterocycles. The molecular weight excluding hydrogens is 842 g/mol. The Balaban J connectivity index is 0.886. The number of ether oxygens (including phenoxy) is 4. The van der Waals surface area contributed by atoms with Gasteiger partial charge in [0, 0.05) is 37.3 Å². The molecule has 1 saturated heterocycles. The molecule has 1 aliphatic rings. The van der Waals surface area contributed by atoms with Gasteiger partial charge in [-0.1, -0.05) is 78.4 Å². The molecule has 5 rings (SSSR count). The van der Waals surface area contributed by atoms with Crippen LogP contribution in [0.3, 0.4) is 0 Å². The largest absolute Gasteiger partial charge is 0.379 e. The molecule has 0 spiro atoms. The van der Waals surface area contributed by atoms with Gasteiger partial charge in [0.25, 0.3) is 5.91 Å². The van der Waals surface area contributed by atoms with Gasteiger partial charge in [-0.25, -0.2) is 15.5 Å². The molecule has 3 N–H and O–H groups in total. The zero-order valence-electron chi connectivity index (χ0n) is 36.2. The van der Waals surface area contributed by atoms with Crippen LogP contribution in [0, 0.1) is 6.92 Å². The third-order valence-corrected chi connectivity index (χ3v) is 10.3. The Bertz CT molecular complexity index is 2340. The molecule has 3 aromatic carbocycles. The summed E-state index contributed by atoms with van der Waals surface area (Å²) in [6.45, 7) is 6.81. The number of anilines is 1. The van der Waals surface area contributed by atoms with E-state index in [4.69, 9.17) is 30.5 Å². The van der Waals surface area contributed by atoms with E-state index in [1.807, 2.05) is 43.4 Å². The number of nitrogens with zero attached hydrogens (tertiary/aromatic N) is 4. The molecule has 1 unspecified atom stereocenters. The maximum Gasteiger partial charge on any atom is 0.263 e. The molecule has 1 fully saturated rings. The van der Waals surface area contributed by atoms with E-state index < -0.39 is 29.7 Å². The van der Waals surface area contributed by atoms with Crippen LogP contribution in [0.25, 0.3) is 28.5 Å². The van der Waals surface area contributed by atoms with Crippen molar-refractivity contribution in [3.63, 3.8) is 0 Å². The number of amides is 5. The fourth-order valence-corrected chi connectivity index (χ4v) is 6.72. The average Bonchev–Trinajstić information content (AvgIpc) is 3.28. The van der Waals surface area contributed by atoms with Crippen LogP contribution in [0.2, 0.25) is 5.15 Å². The first-order valence-corrected chi connectivity index (χ1v) is 21.3.